The highest BCUT2D eigenvalue weighted by Crippen LogP contribution is 2.26. The molecule has 2 atom stereocenters. The third-order valence-electron chi connectivity index (χ3n) is 4.62. The van der Waals surface area contributed by atoms with Gasteiger partial charge in [-0.3, -0.25) is 14.4 Å². The van der Waals surface area contributed by atoms with Crippen molar-refractivity contribution in [2.75, 3.05) is 5.32 Å². The van der Waals surface area contributed by atoms with E-state index in [4.69, 9.17) is 16.3 Å². The van der Waals surface area contributed by atoms with Crippen LogP contribution in [0.25, 0.3) is 0 Å². The van der Waals surface area contributed by atoms with Crippen molar-refractivity contribution in [3.63, 3.8) is 0 Å². The molecule has 1 aliphatic heterocycles. The minimum absolute atomic E-state index is 0.374. The Morgan fingerprint density at radius 1 is 1.33 bits per heavy atom. The number of benzene rings is 1. The summed E-state index contributed by atoms with van der Waals surface area (Å²) in [7, 11) is 0. The Balaban J connectivity index is 2.04. The lowest BCUT2D eigenvalue weighted by Gasteiger charge is -2.32. The van der Waals surface area contributed by atoms with E-state index in [0.717, 1.165) is 12.0 Å². The van der Waals surface area contributed by atoms with Crippen LogP contribution in [0.15, 0.2) is 42.9 Å². The van der Waals surface area contributed by atoms with Crippen molar-refractivity contribution in [3.05, 3.63) is 53.5 Å². The van der Waals surface area contributed by atoms with E-state index in [2.05, 4.69) is 5.32 Å². The van der Waals surface area contributed by atoms with Crippen molar-refractivity contribution in [1.29, 1.82) is 0 Å². The molecule has 1 aromatic carbocycles. The van der Waals surface area contributed by atoms with Crippen LogP contribution in [0.1, 0.15) is 53.0 Å². The number of anilines is 1. The van der Waals surface area contributed by atoms with E-state index >= 15 is 0 Å². The maximum atomic E-state index is 12.8. The quantitative estimate of drug-likeness (QED) is 0.522. The zero-order valence-corrected chi connectivity index (χ0v) is 21.0. The molecular formula is C22H30ClN4O5S-. The van der Waals surface area contributed by atoms with Gasteiger partial charge >= 0.3 is 12.1 Å². The standard InChI is InChI=1S/C22H31ClN4O5S/c1-6-7-8-11-27(33(30)31)21(29)26-13-12-25(16(26)2)15-17-9-10-18(14-19(17)23)24-20(28)32-22(3,4)5/h8-14,16H,6-7,15H2,1-5H3,(H,24,28)(H,30,31)/p-1/b11-8+. The lowest BCUT2D eigenvalue weighted by Crippen LogP contribution is -2.45. The van der Waals surface area contributed by atoms with Crippen LogP contribution in [0.4, 0.5) is 15.3 Å². The topological polar surface area (TPSA) is 105 Å². The zero-order chi connectivity index (χ0) is 24.8. The van der Waals surface area contributed by atoms with Crippen molar-refractivity contribution in [2.24, 2.45) is 0 Å². The van der Waals surface area contributed by atoms with Gasteiger partial charge in [-0.25, -0.2) is 13.9 Å². The summed E-state index contributed by atoms with van der Waals surface area (Å²) >= 11 is 3.68. The van der Waals surface area contributed by atoms with Crippen molar-refractivity contribution >= 4 is 40.7 Å². The van der Waals surface area contributed by atoms with Gasteiger partial charge in [0, 0.05) is 35.9 Å². The Morgan fingerprint density at radius 3 is 2.61 bits per heavy atom. The van der Waals surface area contributed by atoms with Crippen LogP contribution in [0.5, 0.6) is 0 Å². The molecule has 0 bridgehead atoms. The molecule has 0 spiro atoms. The first-order valence-electron chi connectivity index (χ1n) is 10.5. The van der Waals surface area contributed by atoms with E-state index in [0.29, 0.717) is 28.0 Å². The second-order valence-corrected chi connectivity index (χ2v) is 9.68. The molecule has 33 heavy (non-hydrogen) atoms. The maximum Gasteiger partial charge on any atom is 0.412 e. The summed E-state index contributed by atoms with van der Waals surface area (Å²) in [4.78, 5) is 27.9. The summed E-state index contributed by atoms with van der Waals surface area (Å²) in [5, 5.41) is 3.07. The van der Waals surface area contributed by atoms with Gasteiger partial charge in [-0.1, -0.05) is 37.1 Å². The SMILES string of the molecule is CCC/C=C/N(C(=O)N1C=CN(Cc2ccc(NC(=O)OC(C)(C)C)cc2Cl)C1C)S(=O)[O-]. The minimum atomic E-state index is -2.73. The highest BCUT2D eigenvalue weighted by atomic mass is 35.5. The molecule has 1 aromatic rings. The van der Waals surface area contributed by atoms with Crippen LogP contribution in [0.3, 0.4) is 0 Å². The van der Waals surface area contributed by atoms with Gasteiger partial charge in [-0.15, -0.1) is 0 Å². The fraction of sp³-hybridized carbons (Fsp3) is 0.455. The summed E-state index contributed by atoms with van der Waals surface area (Å²) in [6.07, 6.45) is 6.64. The molecule has 1 heterocycles. The van der Waals surface area contributed by atoms with Crippen LogP contribution in [0, 0.1) is 0 Å². The molecule has 2 unspecified atom stereocenters. The molecule has 11 heteroatoms. The Hall–Kier alpha value is -2.56. The number of hydrogen-bond acceptors (Lipinski definition) is 6. The summed E-state index contributed by atoms with van der Waals surface area (Å²) in [5.74, 6) is 0. The smallest absolute Gasteiger partial charge is 0.412 e. The van der Waals surface area contributed by atoms with Gasteiger partial charge in [0.15, 0.2) is 0 Å². The van der Waals surface area contributed by atoms with E-state index in [1.165, 1.54) is 17.3 Å². The summed E-state index contributed by atoms with van der Waals surface area (Å²) in [6, 6.07) is 4.42. The van der Waals surface area contributed by atoms with Crippen LogP contribution < -0.4 is 5.32 Å². The molecule has 0 radical (unpaired) electrons. The van der Waals surface area contributed by atoms with E-state index in [-0.39, 0.29) is 0 Å². The lowest BCUT2D eigenvalue weighted by atomic mass is 10.2. The first-order valence-corrected chi connectivity index (χ1v) is 11.9. The predicted octanol–water partition coefficient (Wildman–Crippen LogP) is 5.15. The van der Waals surface area contributed by atoms with Gasteiger partial charge < -0.3 is 14.2 Å². The fourth-order valence-corrected chi connectivity index (χ4v) is 3.62. The summed E-state index contributed by atoms with van der Waals surface area (Å²) < 4.78 is 29.0. The molecule has 0 aliphatic carbocycles. The lowest BCUT2D eigenvalue weighted by molar-refractivity contribution is 0.0636. The molecule has 0 aromatic heterocycles. The van der Waals surface area contributed by atoms with E-state index in [9.17, 15) is 18.4 Å². The molecule has 9 nitrogen and oxygen atoms in total. The predicted molar refractivity (Wildman–Crippen MR) is 127 cm³/mol. The highest BCUT2D eigenvalue weighted by molar-refractivity contribution is 7.77. The number of rotatable bonds is 7. The zero-order valence-electron chi connectivity index (χ0n) is 19.4. The Labute approximate surface area is 202 Å². The van der Waals surface area contributed by atoms with Crippen molar-refractivity contribution in [1.82, 2.24) is 14.1 Å². The number of allylic oxidation sites excluding steroid dienone is 1. The maximum absolute atomic E-state index is 12.8. The highest BCUT2D eigenvalue weighted by Gasteiger charge is 2.30. The molecule has 3 amide bonds. The Kier molecular flexibility index (Phi) is 9.33. The number of amides is 3. The second kappa shape index (κ2) is 11.5. The second-order valence-electron chi connectivity index (χ2n) is 8.44. The van der Waals surface area contributed by atoms with E-state index in [1.54, 1.807) is 58.2 Å². The molecule has 0 saturated carbocycles. The van der Waals surface area contributed by atoms with Gasteiger partial charge in [0.2, 0.25) is 0 Å². The Morgan fingerprint density at radius 2 is 2.03 bits per heavy atom. The third kappa shape index (κ3) is 7.76. The largest absolute Gasteiger partial charge is 0.755 e. The molecule has 1 aliphatic rings. The third-order valence-corrected chi connectivity index (χ3v) is 5.57. The van der Waals surface area contributed by atoms with E-state index < -0.39 is 35.2 Å². The first kappa shape index (κ1) is 26.7. The summed E-state index contributed by atoms with van der Waals surface area (Å²) in [5.41, 5.74) is 0.645. The number of ether oxygens (including phenoxy) is 1. The monoisotopic (exact) mass is 497 g/mol. The van der Waals surface area contributed by atoms with Crippen molar-refractivity contribution in [3.8, 4) is 0 Å². The van der Waals surface area contributed by atoms with Crippen molar-refractivity contribution < 1.29 is 23.1 Å². The van der Waals surface area contributed by atoms with Gasteiger partial charge in [-0.2, -0.15) is 0 Å². The number of carbonyl (C=O) groups is 2. The normalized spacial score (nSPS) is 16.9. The average molecular weight is 498 g/mol. The average Bonchev–Trinajstić information content (AvgIpc) is 3.05. The summed E-state index contributed by atoms with van der Waals surface area (Å²) in [6.45, 7) is 9.44. The van der Waals surface area contributed by atoms with Crippen LogP contribution in [-0.2, 0) is 22.5 Å². The fourth-order valence-electron chi connectivity index (χ4n) is 2.97. The molecule has 0 fully saturated rings. The van der Waals surface area contributed by atoms with Gasteiger partial charge in [0.05, 0.1) is 11.3 Å². The minimum Gasteiger partial charge on any atom is -0.755 e. The van der Waals surface area contributed by atoms with E-state index in [1.807, 2.05) is 11.8 Å². The van der Waals surface area contributed by atoms with Gasteiger partial charge in [0.1, 0.15) is 11.8 Å². The number of urea groups is 1. The molecule has 2 rings (SSSR count). The van der Waals surface area contributed by atoms with Crippen molar-refractivity contribution in [2.45, 2.75) is 65.8 Å². The Bertz CT molecular complexity index is 947. The molecule has 0 saturated heterocycles. The molecule has 1 N–H and O–H groups in total. The number of nitrogens with zero attached hydrogens (tertiary/aromatic N) is 3. The number of carbonyl (C=O) groups excluding carboxylic acids is 2. The molecule has 182 valence electrons. The number of hydrogen-bond donors (Lipinski definition) is 1. The number of unbranched alkanes of at least 4 members (excludes halogenated alkanes) is 1. The number of halogens is 1. The van der Waals surface area contributed by atoms with Crippen LogP contribution in [-0.4, -0.2) is 46.8 Å². The van der Waals surface area contributed by atoms with Crippen LogP contribution >= 0.6 is 11.6 Å². The van der Waals surface area contributed by atoms with Gasteiger partial charge in [-0.05, 0) is 51.8 Å². The van der Waals surface area contributed by atoms with Crippen LogP contribution in [0.2, 0.25) is 5.02 Å². The number of nitrogens with one attached hydrogen (secondary N) is 1. The molecular weight excluding hydrogens is 468 g/mol. The first-order chi connectivity index (χ1) is 15.4. The van der Waals surface area contributed by atoms with Gasteiger partial charge in [0.25, 0.3) is 0 Å².